The molecule has 0 unspecified atom stereocenters. The fraction of sp³-hybridized carbons (Fsp3) is 0.250. The number of hydrogen-bond acceptors (Lipinski definition) is 2. The Kier molecular flexibility index (Phi) is 2.90. The molecule has 4 heteroatoms. The third-order valence-electron chi connectivity index (χ3n) is 2.51. The first-order chi connectivity index (χ1) is 7.72. The summed E-state index contributed by atoms with van der Waals surface area (Å²) in [6.07, 6.45) is 3.56. The molecule has 0 amide bonds. The summed E-state index contributed by atoms with van der Waals surface area (Å²) in [6.45, 7) is 4.68. The lowest BCUT2D eigenvalue weighted by molar-refractivity contribution is 0.630. The van der Waals surface area contributed by atoms with Crippen molar-refractivity contribution in [3.63, 3.8) is 0 Å². The zero-order valence-electron chi connectivity index (χ0n) is 9.37. The summed E-state index contributed by atoms with van der Waals surface area (Å²) in [5, 5.41) is 3.02. The summed E-state index contributed by atoms with van der Waals surface area (Å²) in [5.74, 6) is 0.404. The third kappa shape index (κ3) is 1.91. The van der Waals surface area contributed by atoms with E-state index >= 15 is 0 Å². The lowest BCUT2D eigenvalue weighted by Crippen LogP contribution is -2.04. The van der Waals surface area contributed by atoms with E-state index in [2.05, 4.69) is 10.3 Å². The molecule has 1 heterocycles. The van der Waals surface area contributed by atoms with E-state index in [1.807, 2.05) is 30.7 Å². The second kappa shape index (κ2) is 4.35. The maximum atomic E-state index is 13.6. The number of aryl methyl sites for hydroxylation is 2. The van der Waals surface area contributed by atoms with Crippen molar-refractivity contribution in [1.29, 1.82) is 0 Å². The van der Waals surface area contributed by atoms with Gasteiger partial charge in [-0.25, -0.2) is 9.37 Å². The first-order valence-electron chi connectivity index (χ1n) is 5.25. The van der Waals surface area contributed by atoms with Crippen LogP contribution in [0.1, 0.15) is 12.5 Å². The van der Waals surface area contributed by atoms with Crippen LogP contribution in [0, 0.1) is 12.7 Å². The van der Waals surface area contributed by atoms with E-state index in [0.29, 0.717) is 11.6 Å². The number of nitrogens with one attached hydrogen (secondary N) is 1. The first kappa shape index (κ1) is 10.7. The average Bonchev–Trinajstić information content (AvgIpc) is 2.71. The van der Waals surface area contributed by atoms with Crippen molar-refractivity contribution in [2.24, 2.45) is 0 Å². The van der Waals surface area contributed by atoms with Crippen LogP contribution < -0.4 is 5.32 Å². The zero-order valence-corrected chi connectivity index (χ0v) is 9.37. The molecule has 0 atom stereocenters. The van der Waals surface area contributed by atoms with E-state index < -0.39 is 0 Å². The highest BCUT2D eigenvalue weighted by molar-refractivity contribution is 5.59. The molecule has 1 aromatic carbocycles. The van der Waals surface area contributed by atoms with Crippen LogP contribution in [0.5, 0.6) is 0 Å². The number of hydrogen-bond donors (Lipinski definition) is 1. The smallest absolute Gasteiger partial charge is 0.207 e. The highest BCUT2D eigenvalue weighted by atomic mass is 19.1. The number of benzene rings is 1. The number of imidazole rings is 1. The summed E-state index contributed by atoms with van der Waals surface area (Å²) in [7, 11) is 0. The maximum Gasteiger partial charge on any atom is 0.207 e. The minimum atomic E-state index is -0.259. The largest absolute Gasteiger partial charge is 0.323 e. The molecule has 16 heavy (non-hydrogen) atoms. The number of halogens is 1. The zero-order chi connectivity index (χ0) is 11.5. The van der Waals surface area contributed by atoms with Crippen molar-refractivity contribution in [3.05, 3.63) is 42.0 Å². The molecule has 2 rings (SSSR count). The van der Waals surface area contributed by atoms with E-state index in [1.54, 1.807) is 12.3 Å². The molecule has 0 aliphatic heterocycles. The fourth-order valence-corrected chi connectivity index (χ4v) is 1.59. The monoisotopic (exact) mass is 219 g/mol. The minimum absolute atomic E-state index is 0.259. The molecule has 0 aliphatic rings. The Morgan fingerprint density at radius 2 is 2.25 bits per heavy atom. The minimum Gasteiger partial charge on any atom is -0.323 e. The lowest BCUT2D eigenvalue weighted by atomic mass is 10.2. The van der Waals surface area contributed by atoms with Gasteiger partial charge in [-0.05, 0) is 25.5 Å². The molecule has 0 fully saturated rings. The molecule has 0 saturated heterocycles. The van der Waals surface area contributed by atoms with Crippen molar-refractivity contribution in [3.8, 4) is 0 Å². The van der Waals surface area contributed by atoms with Gasteiger partial charge in [0.2, 0.25) is 5.95 Å². The van der Waals surface area contributed by atoms with Crippen LogP contribution in [-0.4, -0.2) is 9.55 Å². The highest BCUT2D eigenvalue weighted by Gasteiger charge is 2.08. The van der Waals surface area contributed by atoms with Gasteiger partial charge >= 0.3 is 0 Å². The lowest BCUT2D eigenvalue weighted by Gasteiger charge is -2.10. The van der Waals surface area contributed by atoms with Crippen LogP contribution >= 0.6 is 0 Å². The molecule has 0 radical (unpaired) electrons. The molecule has 1 aromatic heterocycles. The van der Waals surface area contributed by atoms with Gasteiger partial charge in [-0.1, -0.05) is 12.1 Å². The predicted molar refractivity (Wildman–Crippen MR) is 62.3 cm³/mol. The van der Waals surface area contributed by atoms with E-state index in [0.717, 1.165) is 12.1 Å². The predicted octanol–water partition coefficient (Wildman–Crippen LogP) is 3.09. The topological polar surface area (TPSA) is 29.9 Å². The van der Waals surface area contributed by atoms with E-state index in [9.17, 15) is 4.39 Å². The van der Waals surface area contributed by atoms with Crippen molar-refractivity contribution < 1.29 is 4.39 Å². The van der Waals surface area contributed by atoms with Gasteiger partial charge in [0, 0.05) is 18.9 Å². The first-order valence-corrected chi connectivity index (χ1v) is 5.25. The van der Waals surface area contributed by atoms with Crippen LogP contribution in [-0.2, 0) is 6.54 Å². The number of rotatable bonds is 3. The van der Waals surface area contributed by atoms with Crippen LogP contribution in [0.4, 0.5) is 16.0 Å². The summed E-state index contributed by atoms with van der Waals surface area (Å²) in [6, 6.07) is 5.00. The Balaban J connectivity index is 2.34. The molecule has 0 aliphatic carbocycles. The molecule has 3 nitrogen and oxygen atoms in total. The summed E-state index contributed by atoms with van der Waals surface area (Å²) in [4.78, 5) is 4.15. The quantitative estimate of drug-likeness (QED) is 0.859. The number of aromatic nitrogens is 2. The van der Waals surface area contributed by atoms with Gasteiger partial charge in [-0.3, -0.25) is 0 Å². The summed E-state index contributed by atoms with van der Waals surface area (Å²) < 4.78 is 15.5. The van der Waals surface area contributed by atoms with Crippen LogP contribution in [0.15, 0.2) is 30.6 Å². The molecule has 0 spiro atoms. The maximum absolute atomic E-state index is 13.6. The van der Waals surface area contributed by atoms with Gasteiger partial charge in [0.05, 0.1) is 5.69 Å². The Labute approximate surface area is 93.9 Å². The van der Waals surface area contributed by atoms with E-state index in [-0.39, 0.29) is 5.82 Å². The van der Waals surface area contributed by atoms with Gasteiger partial charge < -0.3 is 9.88 Å². The van der Waals surface area contributed by atoms with Crippen molar-refractivity contribution in [2.75, 3.05) is 5.32 Å². The SMILES string of the molecule is CCn1ccnc1Nc1c(C)cccc1F. The van der Waals surface area contributed by atoms with Crippen molar-refractivity contribution >= 4 is 11.6 Å². The Morgan fingerprint density at radius 3 is 2.94 bits per heavy atom. The van der Waals surface area contributed by atoms with Gasteiger partial charge in [-0.2, -0.15) is 0 Å². The number of anilines is 2. The van der Waals surface area contributed by atoms with E-state index in [1.165, 1.54) is 6.07 Å². The van der Waals surface area contributed by atoms with E-state index in [4.69, 9.17) is 0 Å². The third-order valence-corrected chi connectivity index (χ3v) is 2.51. The molecule has 2 aromatic rings. The van der Waals surface area contributed by atoms with Gasteiger partial charge in [0.15, 0.2) is 0 Å². The standard InChI is InChI=1S/C12H14FN3/c1-3-16-8-7-14-12(16)15-11-9(2)5-4-6-10(11)13/h4-8H,3H2,1-2H3,(H,14,15). The van der Waals surface area contributed by atoms with Gasteiger partial charge in [0.1, 0.15) is 5.82 Å². The molecule has 0 bridgehead atoms. The number of para-hydroxylation sites is 1. The molecular formula is C12H14FN3. The summed E-state index contributed by atoms with van der Waals surface area (Å²) in [5.41, 5.74) is 1.36. The number of nitrogens with zero attached hydrogens (tertiary/aromatic N) is 2. The molecule has 1 N–H and O–H groups in total. The highest BCUT2D eigenvalue weighted by Crippen LogP contribution is 2.22. The Hall–Kier alpha value is -1.84. The fourth-order valence-electron chi connectivity index (χ4n) is 1.59. The summed E-state index contributed by atoms with van der Waals surface area (Å²) >= 11 is 0. The van der Waals surface area contributed by atoms with Crippen LogP contribution in [0.3, 0.4) is 0 Å². The normalized spacial score (nSPS) is 10.4. The van der Waals surface area contributed by atoms with Gasteiger partial charge in [-0.15, -0.1) is 0 Å². The van der Waals surface area contributed by atoms with Crippen molar-refractivity contribution in [1.82, 2.24) is 9.55 Å². The van der Waals surface area contributed by atoms with Crippen LogP contribution in [0.25, 0.3) is 0 Å². The second-order valence-electron chi connectivity index (χ2n) is 3.59. The molecule has 0 saturated carbocycles. The van der Waals surface area contributed by atoms with Gasteiger partial charge in [0.25, 0.3) is 0 Å². The molecular weight excluding hydrogens is 205 g/mol. The Morgan fingerprint density at radius 1 is 1.44 bits per heavy atom. The average molecular weight is 219 g/mol. The van der Waals surface area contributed by atoms with Crippen LogP contribution in [0.2, 0.25) is 0 Å². The molecule has 84 valence electrons. The van der Waals surface area contributed by atoms with Crippen molar-refractivity contribution in [2.45, 2.75) is 20.4 Å². The second-order valence-corrected chi connectivity index (χ2v) is 3.59. The Bertz CT molecular complexity index is 471.